The van der Waals surface area contributed by atoms with Gasteiger partial charge in [0.1, 0.15) is 5.82 Å². The summed E-state index contributed by atoms with van der Waals surface area (Å²) in [5.74, 6) is -0.856. The summed E-state index contributed by atoms with van der Waals surface area (Å²) in [5, 5.41) is 3.58. The molecule has 0 bridgehead atoms. The second-order valence-corrected chi connectivity index (χ2v) is 4.90. The van der Waals surface area contributed by atoms with E-state index >= 15 is 0 Å². The molecule has 0 aliphatic rings. The number of nitrogens with zero attached hydrogens (tertiary/aromatic N) is 1. The highest BCUT2D eigenvalue weighted by atomic mass is 35.5. The fourth-order valence-corrected chi connectivity index (χ4v) is 2.03. The summed E-state index contributed by atoms with van der Waals surface area (Å²) in [6.07, 6.45) is 2.71. The standard InChI is InChI=1S/C15H14ClFN2O2/c1-9(11-5-12(17)8-18-7-11)19-14-6-10(15(20)21-2)3-4-13(14)16/h3-9,19H,1-2H3. The van der Waals surface area contributed by atoms with Gasteiger partial charge >= 0.3 is 5.97 Å². The zero-order valence-corrected chi connectivity index (χ0v) is 12.3. The van der Waals surface area contributed by atoms with Crippen LogP contribution in [0.4, 0.5) is 10.1 Å². The van der Waals surface area contributed by atoms with E-state index < -0.39 is 11.8 Å². The molecule has 1 atom stereocenters. The first-order chi connectivity index (χ1) is 10.0. The lowest BCUT2D eigenvalue weighted by molar-refractivity contribution is 0.0601. The molecule has 6 heteroatoms. The average Bonchev–Trinajstić information content (AvgIpc) is 2.48. The zero-order chi connectivity index (χ0) is 15.4. The Morgan fingerprint density at radius 2 is 2.14 bits per heavy atom. The molecule has 0 fully saturated rings. The Morgan fingerprint density at radius 3 is 2.81 bits per heavy atom. The molecule has 1 heterocycles. The molecule has 21 heavy (non-hydrogen) atoms. The number of halogens is 2. The summed E-state index contributed by atoms with van der Waals surface area (Å²) < 4.78 is 17.9. The highest BCUT2D eigenvalue weighted by Crippen LogP contribution is 2.27. The van der Waals surface area contributed by atoms with Crippen molar-refractivity contribution >= 4 is 23.3 Å². The fourth-order valence-electron chi connectivity index (χ4n) is 1.86. The SMILES string of the molecule is COC(=O)c1ccc(Cl)c(NC(C)c2cncc(F)c2)c1. The van der Waals surface area contributed by atoms with Crippen LogP contribution in [0.3, 0.4) is 0 Å². The van der Waals surface area contributed by atoms with Crippen LogP contribution in [0, 0.1) is 5.82 Å². The molecule has 1 aromatic heterocycles. The lowest BCUT2D eigenvalue weighted by atomic mass is 10.1. The maximum atomic E-state index is 13.2. The number of anilines is 1. The van der Waals surface area contributed by atoms with Gasteiger partial charge in [-0.1, -0.05) is 11.6 Å². The molecule has 110 valence electrons. The maximum absolute atomic E-state index is 13.2. The molecule has 0 spiro atoms. The molecule has 2 rings (SSSR count). The third-order valence-corrected chi connectivity index (χ3v) is 3.32. The highest BCUT2D eigenvalue weighted by Gasteiger charge is 2.12. The Balaban J connectivity index is 2.24. The van der Waals surface area contributed by atoms with E-state index in [2.05, 4.69) is 15.0 Å². The Bertz CT molecular complexity index is 664. The molecule has 2 aromatic rings. The number of methoxy groups -OCH3 is 1. The number of esters is 1. The molecule has 1 N–H and O–H groups in total. The van der Waals surface area contributed by atoms with Gasteiger partial charge in [0.2, 0.25) is 0 Å². The van der Waals surface area contributed by atoms with Gasteiger partial charge in [0.05, 0.1) is 35.6 Å². The number of carbonyl (C=O) groups excluding carboxylic acids is 1. The van der Waals surface area contributed by atoms with Gasteiger partial charge < -0.3 is 10.1 Å². The second kappa shape index (κ2) is 6.54. The van der Waals surface area contributed by atoms with E-state index in [4.69, 9.17) is 11.6 Å². The largest absolute Gasteiger partial charge is 0.465 e. The van der Waals surface area contributed by atoms with Gasteiger partial charge in [-0.05, 0) is 36.8 Å². The van der Waals surface area contributed by atoms with E-state index in [0.29, 0.717) is 21.8 Å². The summed E-state index contributed by atoms with van der Waals surface area (Å²) in [5.41, 5.74) is 1.62. The Morgan fingerprint density at radius 1 is 1.38 bits per heavy atom. The summed E-state index contributed by atoms with van der Waals surface area (Å²) in [4.78, 5) is 15.3. The van der Waals surface area contributed by atoms with Crippen LogP contribution in [0.1, 0.15) is 28.9 Å². The van der Waals surface area contributed by atoms with Gasteiger partial charge in [-0.25, -0.2) is 9.18 Å². The first kappa shape index (κ1) is 15.3. The molecule has 1 aromatic carbocycles. The Kier molecular flexibility index (Phi) is 4.75. The molecule has 4 nitrogen and oxygen atoms in total. The van der Waals surface area contributed by atoms with Crippen LogP contribution >= 0.6 is 11.6 Å². The molecule has 0 saturated heterocycles. The van der Waals surface area contributed by atoms with E-state index in [0.717, 1.165) is 6.20 Å². The topological polar surface area (TPSA) is 51.2 Å². The third-order valence-electron chi connectivity index (χ3n) is 2.99. The van der Waals surface area contributed by atoms with E-state index in [1.165, 1.54) is 13.2 Å². The summed E-state index contributed by atoms with van der Waals surface area (Å²) in [7, 11) is 1.31. The number of hydrogen-bond donors (Lipinski definition) is 1. The molecular formula is C15H14ClFN2O2. The molecule has 1 unspecified atom stereocenters. The zero-order valence-electron chi connectivity index (χ0n) is 11.6. The monoisotopic (exact) mass is 308 g/mol. The lowest BCUT2D eigenvalue weighted by Crippen LogP contribution is -2.09. The van der Waals surface area contributed by atoms with E-state index in [-0.39, 0.29) is 6.04 Å². The van der Waals surface area contributed by atoms with Gasteiger partial charge in [-0.3, -0.25) is 4.98 Å². The van der Waals surface area contributed by atoms with E-state index in [9.17, 15) is 9.18 Å². The number of aromatic nitrogens is 1. The van der Waals surface area contributed by atoms with E-state index in [1.807, 2.05) is 6.92 Å². The number of hydrogen-bond acceptors (Lipinski definition) is 4. The molecule has 0 aliphatic heterocycles. The van der Waals surface area contributed by atoms with Crippen molar-refractivity contribution in [2.24, 2.45) is 0 Å². The number of benzene rings is 1. The first-order valence-electron chi connectivity index (χ1n) is 6.26. The van der Waals surface area contributed by atoms with Crippen molar-refractivity contribution in [3.05, 3.63) is 58.6 Å². The smallest absolute Gasteiger partial charge is 0.337 e. The van der Waals surface area contributed by atoms with Crippen molar-refractivity contribution in [3.8, 4) is 0 Å². The van der Waals surface area contributed by atoms with Crippen molar-refractivity contribution in [1.82, 2.24) is 4.98 Å². The molecule has 0 saturated carbocycles. The minimum absolute atomic E-state index is 0.224. The van der Waals surface area contributed by atoms with Gasteiger partial charge in [0, 0.05) is 6.20 Å². The number of carbonyl (C=O) groups is 1. The minimum Gasteiger partial charge on any atom is -0.465 e. The molecule has 0 aliphatic carbocycles. The first-order valence-corrected chi connectivity index (χ1v) is 6.64. The lowest BCUT2D eigenvalue weighted by Gasteiger charge is -2.17. The van der Waals surface area contributed by atoms with Crippen molar-refractivity contribution in [2.75, 3.05) is 12.4 Å². The van der Waals surface area contributed by atoms with Gasteiger partial charge in [0.25, 0.3) is 0 Å². The number of pyridine rings is 1. The van der Waals surface area contributed by atoms with Crippen molar-refractivity contribution in [3.63, 3.8) is 0 Å². The third kappa shape index (κ3) is 3.70. The van der Waals surface area contributed by atoms with Gasteiger partial charge in [-0.2, -0.15) is 0 Å². The van der Waals surface area contributed by atoms with Crippen molar-refractivity contribution < 1.29 is 13.9 Å². The molecular weight excluding hydrogens is 295 g/mol. The summed E-state index contributed by atoms with van der Waals surface area (Å²) in [6, 6.07) is 5.94. The Labute approximate surface area is 126 Å². The van der Waals surface area contributed by atoms with Crippen LogP contribution in [0.5, 0.6) is 0 Å². The number of ether oxygens (including phenoxy) is 1. The van der Waals surface area contributed by atoms with Crippen LogP contribution in [0.25, 0.3) is 0 Å². The van der Waals surface area contributed by atoms with Crippen LogP contribution < -0.4 is 5.32 Å². The quantitative estimate of drug-likeness (QED) is 0.872. The predicted octanol–water partition coefficient (Wildman–Crippen LogP) is 3.83. The average molecular weight is 309 g/mol. The Hall–Kier alpha value is -2.14. The van der Waals surface area contributed by atoms with Crippen LogP contribution in [0.2, 0.25) is 5.02 Å². The predicted molar refractivity (Wildman–Crippen MR) is 79.0 cm³/mol. The van der Waals surface area contributed by atoms with Crippen molar-refractivity contribution in [1.29, 1.82) is 0 Å². The summed E-state index contributed by atoms with van der Waals surface area (Å²) >= 11 is 6.10. The van der Waals surface area contributed by atoms with Gasteiger partial charge in [-0.15, -0.1) is 0 Å². The maximum Gasteiger partial charge on any atom is 0.337 e. The van der Waals surface area contributed by atoms with Crippen LogP contribution in [0.15, 0.2) is 36.7 Å². The normalized spacial score (nSPS) is 11.8. The number of nitrogens with one attached hydrogen (secondary N) is 1. The van der Waals surface area contributed by atoms with Gasteiger partial charge in [0.15, 0.2) is 0 Å². The fraction of sp³-hybridized carbons (Fsp3) is 0.200. The van der Waals surface area contributed by atoms with Crippen LogP contribution in [-0.4, -0.2) is 18.1 Å². The number of rotatable bonds is 4. The van der Waals surface area contributed by atoms with Crippen molar-refractivity contribution in [2.45, 2.75) is 13.0 Å². The summed E-state index contributed by atoms with van der Waals surface area (Å²) in [6.45, 7) is 1.84. The minimum atomic E-state index is -0.449. The highest BCUT2D eigenvalue weighted by molar-refractivity contribution is 6.33. The molecule has 0 amide bonds. The molecule has 0 radical (unpaired) electrons. The van der Waals surface area contributed by atoms with Crippen LogP contribution in [-0.2, 0) is 4.74 Å². The van der Waals surface area contributed by atoms with E-state index in [1.54, 1.807) is 24.4 Å². The second-order valence-electron chi connectivity index (χ2n) is 4.49.